The third-order valence-electron chi connectivity index (χ3n) is 1.11. The number of phenolic OH excluding ortho intramolecular Hbond substituents is 1. The summed E-state index contributed by atoms with van der Waals surface area (Å²) >= 11 is 1.13. The van der Waals surface area contributed by atoms with Crippen LogP contribution in [-0.4, -0.2) is 9.72 Å². The predicted molar refractivity (Wildman–Crippen MR) is 33.3 cm³/mol. The van der Waals surface area contributed by atoms with Crippen LogP contribution >= 0.6 is 0 Å². The number of benzene rings is 1. The second-order valence-electron chi connectivity index (χ2n) is 1.80. The zero-order valence-electron chi connectivity index (χ0n) is 5.04. The van der Waals surface area contributed by atoms with E-state index >= 15 is 0 Å². The molecule has 0 atom stereocenters. The van der Waals surface area contributed by atoms with Crippen LogP contribution in [0.2, 0.25) is 0 Å². The van der Waals surface area contributed by atoms with Gasteiger partial charge < -0.3 is 0 Å². The Morgan fingerprint density at radius 3 is 2.67 bits per heavy atom. The summed E-state index contributed by atoms with van der Waals surface area (Å²) in [6.45, 7) is 0. The fourth-order valence-electron chi connectivity index (χ4n) is 0.652. The Morgan fingerprint density at radius 1 is 1.44 bits per heavy atom. The summed E-state index contributed by atoms with van der Waals surface area (Å²) in [7, 11) is 0. The molecule has 0 unspecified atom stereocenters. The minimum atomic E-state index is 0.345. The minimum absolute atomic E-state index is 0.345. The summed E-state index contributed by atoms with van der Waals surface area (Å²) in [5.74, 6) is 0.345. The summed E-state index contributed by atoms with van der Waals surface area (Å²) in [5.41, 5.74) is 1.11. The van der Waals surface area contributed by atoms with Crippen LogP contribution in [0, 0.1) is 0 Å². The number of phenols is 1. The summed E-state index contributed by atoms with van der Waals surface area (Å²) in [5, 5.41) is 8.94. The molecule has 0 bridgehead atoms. The van der Waals surface area contributed by atoms with Gasteiger partial charge in [0.1, 0.15) is 0 Å². The van der Waals surface area contributed by atoms with Crippen LogP contribution in [-0.2, 0) is 17.9 Å². The van der Waals surface area contributed by atoms with Crippen molar-refractivity contribution in [1.82, 2.24) is 0 Å². The third kappa shape index (κ3) is 1.72. The molecule has 0 radical (unpaired) electrons. The molecule has 1 aromatic rings. The van der Waals surface area contributed by atoms with Crippen molar-refractivity contribution < 1.29 is 23.0 Å². The van der Waals surface area contributed by atoms with Crippen LogP contribution in [0.3, 0.4) is 0 Å². The number of aromatic hydroxyl groups is 1. The summed E-state index contributed by atoms with van der Waals surface area (Å²) < 4.78 is 2.07. The van der Waals surface area contributed by atoms with E-state index in [1.165, 1.54) is 0 Å². The van der Waals surface area contributed by atoms with Gasteiger partial charge in [-0.05, 0) is 0 Å². The van der Waals surface area contributed by atoms with Gasteiger partial charge in [-0.15, -0.1) is 0 Å². The van der Waals surface area contributed by atoms with E-state index in [4.69, 9.17) is 5.11 Å². The SMILES string of the molecule is Oc1cccc([CH]=[Zn])c1. The Balaban J connectivity index is 3.07. The molecule has 2 heteroatoms. The second-order valence-corrected chi connectivity index (χ2v) is 2.66. The van der Waals surface area contributed by atoms with Crippen molar-refractivity contribution in [1.29, 1.82) is 0 Å². The molecule has 0 aliphatic rings. The Labute approximate surface area is 63.5 Å². The van der Waals surface area contributed by atoms with E-state index < -0.39 is 0 Å². The van der Waals surface area contributed by atoms with Gasteiger partial charge in [-0.2, -0.15) is 0 Å². The quantitative estimate of drug-likeness (QED) is 0.627. The molecule has 0 saturated heterocycles. The Morgan fingerprint density at radius 2 is 2.22 bits per heavy atom. The zero-order valence-corrected chi connectivity index (χ0v) is 8.01. The molecule has 1 aromatic carbocycles. The molecule has 0 heterocycles. The van der Waals surface area contributed by atoms with Crippen LogP contribution in [0.4, 0.5) is 0 Å². The molecule has 0 aromatic heterocycles. The van der Waals surface area contributed by atoms with Crippen LogP contribution in [0.25, 0.3) is 0 Å². The Hall–Kier alpha value is -0.487. The summed E-state index contributed by atoms with van der Waals surface area (Å²) in [6, 6.07) is 7.25. The van der Waals surface area contributed by atoms with Gasteiger partial charge in [-0.3, -0.25) is 0 Å². The van der Waals surface area contributed by atoms with Crippen molar-refractivity contribution in [3.8, 4) is 5.75 Å². The standard InChI is InChI=1S/C7H6O.Zn/c1-6-3-2-4-7(8)5-6;/h1-5,8H;. The van der Waals surface area contributed by atoms with Gasteiger partial charge in [0.2, 0.25) is 0 Å². The first-order valence-corrected chi connectivity index (χ1v) is 4.45. The van der Waals surface area contributed by atoms with Crippen molar-refractivity contribution in [2.45, 2.75) is 0 Å². The normalized spacial score (nSPS) is 9.11. The van der Waals surface area contributed by atoms with Crippen LogP contribution in [0.1, 0.15) is 5.56 Å². The predicted octanol–water partition coefficient (Wildman–Crippen LogP) is 1.09. The van der Waals surface area contributed by atoms with Gasteiger partial charge in [-0.1, -0.05) is 0 Å². The van der Waals surface area contributed by atoms with Crippen LogP contribution in [0.15, 0.2) is 24.3 Å². The molecule has 9 heavy (non-hydrogen) atoms. The molecule has 0 saturated carbocycles. The first kappa shape index (κ1) is 6.63. The maximum atomic E-state index is 8.94. The van der Waals surface area contributed by atoms with Crippen LogP contribution in [0.5, 0.6) is 5.75 Å². The van der Waals surface area contributed by atoms with Crippen molar-refractivity contribution in [2.24, 2.45) is 0 Å². The van der Waals surface area contributed by atoms with Gasteiger partial charge in [0.25, 0.3) is 0 Å². The van der Waals surface area contributed by atoms with E-state index in [2.05, 4.69) is 4.61 Å². The Bertz CT molecular complexity index is 220. The van der Waals surface area contributed by atoms with Gasteiger partial charge in [0.15, 0.2) is 0 Å². The van der Waals surface area contributed by atoms with E-state index in [1.807, 2.05) is 12.1 Å². The van der Waals surface area contributed by atoms with E-state index in [0.29, 0.717) is 5.75 Å². The molecule has 0 fully saturated rings. The van der Waals surface area contributed by atoms with E-state index in [1.54, 1.807) is 12.1 Å². The van der Waals surface area contributed by atoms with Crippen molar-refractivity contribution >= 4 is 4.61 Å². The Kier molecular flexibility index (Phi) is 2.12. The van der Waals surface area contributed by atoms with Gasteiger partial charge in [-0.25, -0.2) is 0 Å². The number of rotatable bonds is 1. The first-order chi connectivity index (χ1) is 4.33. The number of hydrogen-bond acceptors (Lipinski definition) is 1. The monoisotopic (exact) mass is 170 g/mol. The number of hydrogen-bond donors (Lipinski definition) is 1. The van der Waals surface area contributed by atoms with E-state index in [9.17, 15) is 0 Å². The summed E-state index contributed by atoms with van der Waals surface area (Å²) in [6.07, 6.45) is 0. The topological polar surface area (TPSA) is 20.2 Å². The fraction of sp³-hybridized carbons (Fsp3) is 0. The molecule has 0 spiro atoms. The summed E-state index contributed by atoms with van der Waals surface area (Å²) in [4.78, 5) is 0. The fourth-order valence-corrected chi connectivity index (χ4v) is 1.18. The van der Waals surface area contributed by atoms with E-state index in [-0.39, 0.29) is 0 Å². The third-order valence-corrected chi connectivity index (χ3v) is 2.09. The van der Waals surface area contributed by atoms with Gasteiger partial charge >= 0.3 is 63.1 Å². The van der Waals surface area contributed by atoms with Gasteiger partial charge in [0, 0.05) is 0 Å². The molecule has 1 N–H and O–H groups in total. The molecule has 0 amide bonds. The van der Waals surface area contributed by atoms with Gasteiger partial charge in [0.05, 0.1) is 0 Å². The average molecular weight is 172 g/mol. The van der Waals surface area contributed by atoms with Crippen molar-refractivity contribution in [2.75, 3.05) is 0 Å². The molecule has 1 rings (SSSR count). The second kappa shape index (κ2) is 2.88. The van der Waals surface area contributed by atoms with E-state index in [0.717, 1.165) is 23.4 Å². The maximum absolute atomic E-state index is 8.94. The average Bonchev–Trinajstić information content (AvgIpc) is 1.88. The van der Waals surface area contributed by atoms with Crippen molar-refractivity contribution in [3.05, 3.63) is 29.8 Å². The molecule has 42 valence electrons. The first-order valence-electron chi connectivity index (χ1n) is 2.74. The zero-order chi connectivity index (χ0) is 6.69. The molecular weight excluding hydrogens is 165 g/mol. The molecule has 0 aliphatic heterocycles. The van der Waals surface area contributed by atoms with Crippen molar-refractivity contribution in [3.63, 3.8) is 0 Å². The van der Waals surface area contributed by atoms with Crippen LogP contribution < -0.4 is 0 Å². The molecular formula is C7H6OZn. The molecule has 0 aliphatic carbocycles. The molecule has 1 nitrogen and oxygen atoms in total.